The molecule has 1 fully saturated rings. The van der Waals surface area contributed by atoms with Gasteiger partial charge >= 0.3 is 0 Å². The second kappa shape index (κ2) is 6.14. The van der Waals surface area contributed by atoms with Gasteiger partial charge in [-0.1, -0.05) is 0 Å². The second-order valence-corrected chi connectivity index (χ2v) is 8.94. The maximum Gasteiger partial charge on any atom is 0.253 e. The van der Waals surface area contributed by atoms with Crippen LogP contribution in [0, 0.1) is 5.92 Å². The largest absolute Gasteiger partial charge is 0.358 e. The van der Waals surface area contributed by atoms with Gasteiger partial charge in [0, 0.05) is 35.2 Å². The summed E-state index contributed by atoms with van der Waals surface area (Å²) >= 11 is 0. The van der Waals surface area contributed by atoms with E-state index >= 15 is 0 Å². The average Bonchev–Trinajstić information content (AvgIpc) is 3.16. The van der Waals surface area contributed by atoms with Gasteiger partial charge in [0.1, 0.15) is 0 Å². The van der Waals surface area contributed by atoms with Crippen LogP contribution in [0.3, 0.4) is 0 Å². The van der Waals surface area contributed by atoms with E-state index in [0.29, 0.717) is 25.1 Å². The minimum absolute atomic E-state index is 0.0235. The summed E-state index contributed by atoms with van der Waals surface area (Å²) in [5.74, 6) is -0.145. The van der Waals surface area contributed by atoms with Crippen molar-refractivity contribution in [2.24, 2.45) is 11.1 Å². The molecular formula is C18H23N3O3S. The van der Waals surface area contributed by atoms with Gasteiger partial charge in [-0.05, 0) is 61.8 Å². The number of aromatic amines is 1. The van der Waals surface area contributed by atoms with Gasteiger partial charge in [0.05, 0.1) is 5.75 Å². The van der Waals surface area contributed by atoms with Crippen LogP contribution >= 0.6 is 0 Å². The molecule has 7 heteroatoms. The van der Waals surface area contributed by atoms with Crippen LogP contribution in [-0.4, -0.2) is 43.1 Å². The zero-order valence-corrected chi connectivity index (χ0v) is 14.9. The van der Waals surface area contributed by atoms with Crippen molar-refractivity contribution in [2.75, 3.05) is 18.8 Å². The molecule has 1 amide bonds. The number of nitrogens with two attached hydrogens (primary N) is 1. The summed E-state index contributed by atoms with van der Waals surface area (Å²) in [5, 5.41) is 6.28. The second-order valence-electron chi connectivity index (χ2n) is 7.28. The maximum atomic E-state index is 12.8. The minimum atomic E-state index is -3.49. The maximum absolute atomic E-state index is 12.8. The van der Waals surface area contributed by atoms with Crippen LogP contribution in [-0.2, 0) is 22.9 Å². The number of hydrogen-bond acceptors (Lipinski definition) is 3. The Labute approximate surface area is 147 Å². The van der Waals surface area contributed by atoms with Crippen LogP contribution in [0.2, 0.25) is 0 Å². The van der Waals surface area contributed by atoms with Gasteiger partial charge in [0.25, 0.3) is 5.91 Å². The lowest BCUT2D eigenvalue weighted by Gasteiger charge is -2.17. The Morgan fingerprint density at radius 2 is 2.08 bits per heavy atom. The van der Waals surface area contributed by atoms with Crippen molar-refractivity contribution in [3.63, 3.8) is 0 Å². The summed E-state index contributed by atoms with van der Waals surface area (Å²) in [7, 11) is -3.49. The predicted molar refractivity (Wildman–Crippen MR) is 96.9 cm³/mol. The van der Waals surface area contributed by atoms with E-state index in [1.54, 1.807) is 4.90 Å². The number of benzene rings is 1. The van der Waals surface area contributed by atoms with Crippen LogP contribution in [0.1, 0.15) is 40.9 Å². The molecule has 0 bridgehead atoms. The van der Waals surface area contributed by atoms with E-state index in [0.717, 1.165) is 23.7 Å². The Bertz CT molecular complexity index is 932. The number of nitrogens with zero attached hydrogens (tertiary/aromatic N) is 1. The molecule has 2 heterocycles. The Morgan fingerprint density at radius 1 is 1.28 bits per heavy atom. The Balaban J connectivity index is 1.56. The molecule has 1 aliphatic heterocycles. The molecule has 0 radical (unpaired) electrons. The lowest BCUT2D eigenvalue weighted by atomic mass is 9.95. The highest BCUT2D eigenvalue weighted by molar-refractivity contribution is 7.89. The molecule has 2 aromatic rings. The molecule has 1 aromatic carbocycles. The first-order valence-electron chi connectivity index (χ1n) is 8.84. The topological polar surface area (TPSA) is 96.3 Å². The van der Waals surface area contributed by atoms with E-state index < -0.39 is 10.0 Å². The fraction of sp³-hybridized carbons (Fsp3) is 0.500. The molecule has 6 nitrogen and oxygen atoms in total. The monoisotopic (exact) mass is 361 g/mol. The molecule has 25 heavy (non-hydrogen) atoms. The number of sulfonamides is 1. The fourth-order valence-corrected chi connectivity index (χ4v) is 5.13. The number of hydrogen-bond donors (Lipinski definition) is 2. The number of aromatic nitrogens is 1. The number of fused-ring (bicyclic) bond motifs is 3. The number of carbonyl (C=O) groups is 1. The van der Waals surface area contributed by atoms with Crippen LogP contribution < -0.4 is 5.14 Å². The van der Waals surface area contributed by atoms with Crippen LogP contribution in [0.25, 0.3) is 10.9 Å². The molecule has 0 saturated carbocycles. The number of aryl methyl sites for hydroxylation is 2. The smallest absolute Gasteiger partial charge is 0.253 e. The predicted octanol–water partition coefficient (Wildman–Crippen LogP) is 1.80. The van der Waals surface area contributed by atoms with Crippen molar-refractivity contribution >= 4 is 26.8 Å². The van der Waals surface area contributed by atoms with Crippen molar-refractivity contribution in [1.82, 2.24) is 9.88 Å². The van der Waals surface area contributed by atoms with Gasteiger partial charge in [0.15, 0.2) is 0 Å². The first-order valence-corrected chi connectivity index (χ1v) is 10.6. The van der Waals surface area contributed by atoms with Crippen molar-refractivity contribution in [3.05, 3.63) is 35.0 Å². The summed E-state index contributed by atoms with van der Waals surface area (Å²) in [5.41, 5.74) is 4.43. The van der Waals surface area contributed by atoms with Gasteiger partial charge in [-0.3, -0.25) is 4.79 Å². The minimum Gasteiger partial charge on any atom is -0.358 e. The third-order valence-corrected chi connectivity index (χ3v) is 6.32. The van der Waals surface area contributed by atoms with Gasteiger partial charge in [-0.15, -0.1) is 0 Å². The highest BCUT2D eigenvalue weighted by Gasteiger charge is 2.29. The molecule has 3 N–H and O–H groups in total. The molecule has 1 aliphatic carbocycles. The molecule has 1 aromatic heterocycles. The van der Waals surface area contributed by atoms with E-state index in [1.165, 1.54) is 24.1 Å². The summed E-state index contributed by atoms with van der Waals surface area (Å²) in [6, 6.07) is 5.84. The summed E-state index contributed by atoms with van der Waals surface area (Å²) in [6.45, 7) is 1.04. The Hall–Kier alpha value is -1.86. The highest BCUT2D eigenvalue weighted by Crippen LogP contribution is 2.30. The first kappa shape index (κ1) is 16.6. The third-order valence-electron chi connectivity index (χ3n) is 5.39. The quantitative estimate of drug-likeness (QED) is 0.872. The summed E-state index contributed by atoms with van der Waals surface area (Å²) in [4.78, 5) is 18.1. The van der Waals surface area contributed by atoms with Crippen LogP contribution in [0.5, 0.6) is 0 Å². The van der Waals surface area contributed by atoms with E-state index in [4.69, 9.17) is 5.14 Å². The zero-order chi connectivity index (χ0) is 17.6. The Morgan fingerprint density at radius 3 is 2.88 bits per heavy atom. The van der Waals surface area contributed by atoms with Gasteiger partial charge < -0.3 is 9.88 Å². The van der Waals surface area contributed by atoms with Crippen molar-refractivity contribution in [2.45, 2.75) is 32.1 Å². The molecule has 1 atom stereocenters. The lowest BCUT2D eigenvalue weighted by molar-refractivity contribution is 0.0788. The number of primary sulfonamides is 1. The number of amides is 1. The number of likely N-dealkylation sites (tertiary alicyclic amines) is 1. The lowest BCUT2D eigenvalue weighted by Crippen LogP contribution is -2.30. The van der Waals surface area contributed by atoms with Gasteiger partial charge in [0.2, 0.25) is 10.0 Å². The molecule has 134 valence electrons. The molecule has 0 spiro atoms. The van der Waals surface area contributed by atoms with E-state index in [2.05, 4.69) is 4.98 Å². The number of H-pyrrole nitrogens is 1. The molecule has 1 unspecified atom stereocenters. The zero-order valence-electron chi connectivity index (χ0n) is 14.1. The van der Waals surface area contributed by atoms with E-state index in [1.807, 2.05) is 18.2 Å². The molecule has 2 aliphatic rings. The van der Waals surface area contributed by atoms with Crippen LogP contribution in [0.4, 0.5) is 0 Å². The van der Waals surface area contributed by atoms with Crippen molar-refractivity contribution < 1.29 is 13.2 Å². The van der Waals surface area contributed by atoms with Gasteiger partial charge in [-0.25, -0.2) is 13.6 Å². The fourth-order valence-electron chi connectivity index (χ4n) is 4.20. The standard InChI is InChI=1S/C18H23N3O3S/c19-25(23,24)11-12-7-8-21(10-12)18(22)13-5-6-17-15(9-13)14-3-1-2-4-16(14)20-17/h5-6,9,12,20H,1-4,7-8,10-11H2,(H2,19,23,24). The summed E-state index contributed by atoms with van der Waals surface area (Å²) < 4.78 is 22.5. The number of carbonyl (C=O) groups excluding carboxylic acids is 1. The van der Waals surface area contributed by atoms with Crippen molar-refractivity contribution in [1.29, 1.82) is 0 Å². The summed E-state index contributed by atoms with van der Waals surface area (Å²) in [6.07, 6.45) is 5.23. The first-order chi connectivity index (χ1) is 11.9. The molecule has 4 rings (SSSR count). The highest BCUT2D eigenvalue weighted by atomic mass is 32.2. The Kier molecular flexibility index (Phi) is 4.08. The molecular weight excluding hydrogens is 338 g/mol. The number of rotatable bonds is 3. The van der Waals surface area contributed by atoms with Gasteiger partial charge in [-0.2, -0.15) is 0 Å². The molecule has 1 saturated heterocycles. The van der Waals surface area contributed by atoms with Crippen molar-refractivity contribution in [3.8, 4) is 0 Å². The third kappa shape index (κ3) is 3.30. The number of nitrogens with one attached hydrogen (secondary N) is 1. The van der Waals surface area contributed by atoms with Crippen LogP contribution in [0.15, 0.2) is 18.2 Å². The SMILES string of the molecule is NS(=O)(=O)CC1CCN(C(=O)c2ccc3[nH]c4c(c3c2)CCCC4)C1. The van der Waals surface area contributed by atoms with E-state index in [-0.39, 0.29) is 17.6 Å². The normalized spacial score (nSPS) is 20.8. The average molecular weight is 361 g/mol. The van der Waals surface area contributed by atoms with E-state index in [9.17, 15) is 13.2 Å².